The third-order valence-corrected chi connectivity index (χ3v) is 4.35. The molecule has 0 fully saturated rings. The van der Waals surface area contributed by atoms with Gasteiger partial charge in [-0.3, -0.25) is 4.99 Å². The van der Waals surface area contributed by atoms with E-state index in [2.05, 4.69) is 51.1 Å². The molecule has 1 nitrogen and oxygen atoms in total. The molecule has 0 spiro atoms. The summed E-state index contributed by atoms with van der Waals surface area (Å²) < 4.78 is 0. The van der Waals surface area contributed by atoms with Gasteiger partial charge in [0.25, 0.3) is 0 Å². The lowest BCUT2D eigenvalue weighted by atomic mass is 9.94. The van der Waals surface area contributed by atoms with E-state index in [-0.39, 0.29) is 0 Å². The van der Waals surface area contributed by atoms with Gasteiger partial charge in [-0.15, -0.1) is 0 Å². The molecule has 0 bridgehead atoms. The molecule has 22 heavy (non-hydrogen) atoms. The van der Waals surface area contributed by atoms with E-state index >= 15 is 0 Å². The Morgan fingerprint density at radius 1 is 0.909 bits per heavy atom. The van der Waals surface area contributed by atoms with E-state index in [9.17, 15) is 0 Å². The van der Waals surface area contributed by atoms with Crippen molar-refractivity contribution in [2.24, 2.45) is 4.99 Å². The first-order valence-electron chi connectivity index (χ1n) is 7.74. The normalized spacial score (nSPS) is 15.2. The summed E-state index contributed by atoms with van der Waals surface area (Å²) in [5.41, 5.74) is 8.82. The van der Waals surface area contributed by atoms with Gasteiger partial charge in [-0.25, -0.2) is 0 Å². The van der Waals surface area contributed by atoms with Gasteiger partial charge < -0.3 is 0 Å². The summed E-state index contributed by atoms with van der Waals surface area (Å²) in [6.07, 6.45) is 3.33. The minimum absolute atomic E-state index is 1.00. The van der Waals surface area contributed by atoms with E-state index in [1.54, 1.807) is 0 Å². The zero-order valence-electron chi connectivity index (χ0n) is 13.4. The summed E-state index contributed by atoms with van der Waals surface area (Å²) in [5, 5.41) is 0. The first-order valence-corrected chi connectivity index (χ1v) is 7.74. The molecule has 0 heterocycles. The van der Waals surface area contributed by atoms with Crippen LogP contribution in [-0.4, -0.2) is 5.71 Å². The summed E-state index contributed by atoms with van der Waals surface area (Å²) in [6.45, 7) is 6.50. The molecule has 0 amide bonds. The summed E-state index contributed by atoms with van der Waals surface area (Å²) in [4.78, 5) is 4.78. The molecular formula is C21H21N. The number of hydrogen-bond acceptors (Lipinski definition) is 1. The smallest absolute Gasteiger partial charge is 0.0633 e. The van der Waals surface area contributed by atoms with Crippen molar-refractivity contribution in [3.8, 4) is 0 Å². The van der Waals surface area contributed by atoms with Crippen LogP contribution in [0.1, 0.15) is 38.3 Å². The van der Waals surface area contributed by atoms with E-state index in [4.69, 9.17) is 4.99 Å². The van der Waals surface area contributed by atoms with Crippen LogP contribution in [0, 0.1) is 0 Å². The van der Waals surface area contributed by atoms with Gasteiger partial charge in [-0.2, -0.15) is 0 Å². The van der Waals surface area contributed by atoms with Gasteiger partial charge in [0.1, 0.15) is 0 Å². The molecule has 0 saturated heterocycles. The van der Waals surface area contributed by atoms with Crippen molar-refractivity contribution in [3.05, 3.63) is 82.9 Å². The van der Waals surface area contributed by atoms with E-state index in [0.29, 0.717) is 0 Å². The van der Waals surface area contributed by atoms with Crippen LogP contribution in [-0.2, 0) is 0 Å². The number of aliphatic imine (C=N–C) groups is 1. The van der Waals surface area contributed by atoms with Crippen LogP contribution in [0.5, 0.6) is 0 Å². The number of para-hydroxylation sites is 1. The highest BCUT2D eigenvalue weighted by Crippen LogP contribution is 2.35. The van der Waals surface area contributed by atoms with Crippen molar-refractivity contribution < 1.29 is 0 Å². The standard InChI is InChI=1S/C21H21N/c1-15-13-14-19(16(15)2)21-12-8-7-11-20(21)17(3)22-18-9-5-4-6-10-18/h4-13H,14H2,1-3H3/b22-17+. The highest BCUT2D eigenvalue weighted by atomic mass is 14.7. The van der Waals surface area contributed by atoms with E-state index in [0.717, 1.165) is 17.8 Å². The van der Waals surface area contributed by atoms with Crippen molar-refractivity contribution in [1.29, 1.82) is 0 Å². The Bertz CT molecular complexity index is 777. The summed E-state index contributed by atoms with van der Waals surface area (Å²) in [6, 6.07) is 18.7. The molecule has 0 aliphatic heterocycles. The molecule has 0 unspecified atom stereocenters. The van der Waals surface area contributed by atoms with Gasteiger partial charge in [0, 0.05) is 11.3 Å². The van der Waals surface area contributed by atoms with Crippen LogP contribution in [0.3, 0.4) is 0 Å². The van der Waals surface area contributed by atoms with Crippen molar-refractivity contribution >= 4 is 17.0 Å². The van der Waals surface area contributed by atoms with Crippen LogP contribution in [0.4, 0.5) is 5.69 Å². The third-order valence-electron chi connectivity index (χ3n) is 4.35. The molecule has 0 saturated carbocycles. The molecule has 1 aliphatic carbocycles. The molecule has 1 aliphatic rings. The SMILES string of the molecule is CC1=CCC(c2ccccc2/C(C)=N/c2ccccc2)=C1C. The number of hydrogen-bond donors (Lipinski definition) is 0. The Morgan fingerprint density at radius 2 is 1.59 bits per heavy atom. The minimum atomic E-state index is 1.00. The maximum absolute atomic E-state index is 4.78. The molecule has 0 radical (unpaired) electrons. The molecule has 0 atom stereocenters. The van der Waals surface area contributed by atoms with Gasteiger partial charge >= 0.3 is 0 Å². The summed E-state index contributed by atoms with van der Waals surface area (Å²) >= 11 is 0. The van der Waals surface area contributed by atoms with Crippen LogP contribution in [0.15, 0.2) is 76.8 Å². The van der Waals surface area contributed by atoms with Crippen LogP contribution < -0.4 is 0 Å². The molecule has 3 rings (SSSR count). The van der Waals surface area contributed by atoms with Gasteiger partial charge in [-0.1, -0.05) is 54.1 Å². The quantitative estimate of drug-likeness (QED) is 0.618. The van der Waals surface area contributed by atoms with Crippen LogP contribution in [0.25, 0.3) is 5.57 Å². The third kappa shape index (κ3) is 2.80. The highest BCUT2D eigenvalue weighted by molar-refractivity contribution is 6.04. The predicted molar refractivity (Wildman–Crippen MR) is 95.7 cm³/mol. The molecule has 0 N–H and O–H groups in total. The number of allylic oxidation sites excluding steroid dienone is 4. The lowest BCUT2D eigenvalue weighted by Crippen LogP contribution is -2.00. The monoisotopic (exact) mass is 287 g/mol. The molecule has 2 aromatic rings. The van der Waals surface area contributed by atoms with Crippen LogP contribution in [0.2, 0.25) is 0 Å². The molecule has 2 aromatic carbocycles. The van der Waals surface area contributed by atoms with E-state index in [1.165, 1.54) is 27.8 Å². The maximum atomic E-state index is 4.78. The van der Waals surface area contributed by atoms with Crippen molar-refractivity contribution in [1.82, 2.24) is 0 Å². The fourth-order valence-corrected chi connectivity index (χ4v) is 2.93. The van der Waals surface area contributed by atoms with Gasteiger partial charge in [0.05, 0.1) is 5.69 Å². The topological polar surface area (TPSA) is 12.4 Å². The summed E-state index contributed by atoms with van der Waals surface area (Å²) in [5.74, 6) is 0. The molecule has 0 aromatic heterocycles. The highest BCUT2D eigenvalue weighted by Gasteiger charge is 2.16. The number of nitrogens with zero attached hydrogens (tertiary/aromatic N) is 1. The largest absolute Gasteiger partial charge is 0.253 e. The zero-order chi connectivity index (χ0) is 15.5. The van der Waals surface area contributed by atoms with Crippen molar-refractivity contribution in [2.75, 3.05) is 0 Å². The van der Waals surface area contributed by atoms with Crippen molar-refractivity contribution in [2.45, 2.75) is 27.2 Å². The number of benzene rings is 2. The minimum Gasteiger partial charge on any atom is -0.253 e. The second-order valence-electron chi connectivity index (χ2n) is 5.77. The fourth-order valence-electron chi connectivity index (χ4n) is 2.93. The predicted octanol–water partition coefficient (Wildman–Crippen LogP) is 5.95. The van der Waals surface area contributed by atoms with Gasteiger partial charge in [0.15, 0.2) is 0 Å². The maximum Gasteiger partial charge on any atom is 0.0633 e. The second-order valence-corrected chi connectivity index (χ2v) is 5.77. The number of rotatable bonds is 3. The van der Waals surface area contributed by atoms with Gasteiger partial charge in [-0.05, 0) is 56.0 Å². The first kappa shape index (κ1) is 14.5. The van der Waals surface area contributed by atoms with Crippen molar-refractivity contribution in [3.63, 3.8) is 0 Å². The molecule has 1 heteroatoms. The Morgan fingerprint density at radius 3 is 2.27 bits per heavy atom. The first-order chi connectivity index (χ1) is 10.7. The molecular weight excluding hydrogens is 266 g/mol. The van der Waals surface area contributed by atoms with Gasteiger partial charge in [0.2, 0.25) is 0 Å². The fraction of sp³-hybridized carbons (Fsp3) is 0.190. The Balaban J connectivity index is 2.05. The Hall–Kier alpha value is -2.41. The zero-order valence-corrected chi connectivity index (χ0v) is 13.4. The van der Waals surface area contributed by atoms with Crippen LogP contribution >= 0.6 is 0 Å². The Kier molecular flexibility index (Phi) is 4.06. The average molecular weight is 287 g/mol. The lowest BCUT2D eigenvalue weighted by molar-refractivity contribution is 1.37. The lowest BCUT2D eigenvalue weighted by Gasteiger charge is -2.12. The van der Waals surface area contributed by atoms with E-state index < -0.39 is 0 Å². The Labute approximate surface area is 132 Å². The second kappa shape index (κ2) is 6.15. The summed E-state index contributed by atoms with van der Waals surface area (Å²) in [7, 11) is 0. The molecule has 110 valence electrons. The average Bonchev–Trinajstić information content (AvgIpc) is 2.88. The van der Waals surface area contributed by atoms with E-state index in [1.807, 2.05) is 30.3 Å².